The van der Waals surface area contributed by atoms with E-state index < -0.39 is 0 Å². The van der Waals surface area contributed by atoms with E-state index in [1.54, 1.807) is 0 Å². The topological polar surface area (TPSA) is 12.0 Å². The molecule has 0 aliphatic carbocycles. The van der Waals surface area contributed by atoms with Crippen LogP contribution in [0.2, 0.25) is 0 Å². The highest BCUT2D eigenvalue weighted by Gasteiger charge is 2.22. The standard InChI is InChI=1S/C15H33NS/c1-6-9-15(5,10-8-11-17-7-2)13-16-12-14(3)4/h14,16H,6-13H2,1-5H3. The minimum absolute atomic E-state index is 0.512. The SMILES string of the molecule is CCCC(C)(CCCSCC)CNCC(C)C. The molecule has 0 radical (unpaired) electrons. The molecular weight excluding hydrogens is 226 g/mol. The van der Waals surface area contributed by atoms with Gasteiger partial charge >= 0.3 is 0 Å². The molecule has 0 aromatic heterocycles. The van der Waals surface area contributed by atoms with Gasteiger partial charge in [-0.15, -0.1) is 0 Å². The van der Waals surface area contributed by atoms with E-state index in [1.807, 2.05) is 0 Å². The van der Waals surface area contributed by atoms with Crippen molar-refractivity contribution in [1.29, 1.82) is 0 Å². The first kappa shape index (κ1) is 17.3. The molecular formula is C15H33NS. The molecule has 0 bridgehead atoms. The summed E-state index contributed by atoms with van der Waals surface area (Å²) >= 11 is 2.08. The molecule has 0 rings (SSSR count). The fourth-order valence-electron chi connectivity index (χ4n) is 2.31. The molecule has 0 aliphatic heterocycles. The number of hydrogen-bond acceptors (Lipinski definition) is 2. The molecule has 17 heavy (non-hydrogen) atoms. The molecule has 1 N–H and O–H groups in total. The fraction of sp³-hybridized carbons (Fsp3) is 1.00. The van der Waals surface area contributed by atoms with Crippen LogP contribution in [-0.4, -0.2) is 24.6 Å². The van der Waals surface area contributed by atoms with E-state index in [9.17, 15) is 0 Å². The van der Waals surface area contributed by atoms with Crippen molar-refractivity contribution in [2.45, 2.75) is 60.3 Å². The Bertz CT molecular complexity index is 170. The van der Waals surface area contributed by atoms with Crippen LogP contribution in [0.15, 0.2) is 0 Å². The molecule has 0 fully saturated rings. The summed E-state index contributed by atoms with van der Waals surface area (Å²) < 4.78 is 0. The van der Waals surface area contributed by atoms with E-state index in [2.05, 4.69) is 51.7 Å². The fourth-order valence-corrected chi connectivity index (χ4v) is 2.95. The van der Waals surface area contributed by atoms with E-state index in [4.69, 9.17) is 0 Å². The Labute approximate surface area is 114 Å². The zero-order chi connectivity index (χ0) is 13.1. The predicted octanol–water partition coefficient (Wildman–Crippen LogP) is 4.57. The lowest BCUT2D eigenvalue weighted by Crippen LogP contribution is -2.34. The first-order chi connectivity index (χ1) is 8.04. The Morgan fingerprint density at radius 2 is 1.88 bits per heavy atom. The normalized spacial score (nSPS) is 15.2. The first-order valence-corrected chi connectivity index (χ1v) is 8.48. The lowest BCUT2D eigenvalue weighted by atomic mass is 9.81. The van der Waals surface area contributed by atoms with Crippen LogP contribution in [0.5, 0.6) is 0 Å². The maximum absolute atomic E-state index is 3.64. The molecule has 0 spiro atoms. The summed E-state index contributed by atoms with van der Waals surface area (Å²) in [7, 11) is 0. The summed E-state index contributed by atoms with van der Waals surface area (Å²) in [5, 5.41) is 3.64. The maximum atomic E-state index is 3.64. The van der Waals surface area contributed by atoms with Crippen molar-refractivity contribution in [2.75, 3.05) is 24.6 Å². The summed E-state index contributed by atoms with van der Waals surface area (Å²) in [6.45, 7) is 13.9. The van der Waals surface area contributed by atoms with Crippen molar-refractivity contribution < 1.29 is 0 Å². The zero-order valence-corrected chi connectivity index (χ0v) is 13.5. The number of nitrogens with one attached hydrogen (secondary N) is 1. The van der Waals surface area contributed by atoms with Crippen molar-refractivity contribution in [3.8, 4) is 0 Å². The third kappa shape index (κ3) is 9.96. The van der Waals surface area contributed by atoms with Crippen molar-refractivity contribution in [2.24, 2.45) is 11.3 Å². The molecule has 2 heteroatoms. The largest absolute Gasteiger partial charge is 0.316 e. The second kappa shape index (κ2) is 10.3. The molecule has 104 valence electrons. The molecule has 0 aromatic rings. The second-order valence-electron chi connectivity index (χ2n) is 5.89. The average molecular weight is 260 g/mol. The van der Waals surface area contributed by atoms with Crippen LogP contribution in [0.1, 0.15) is 60.3 Å². The Morgan fingerprint density at radius 3 is 2.41 bits per heavy atom. The van der Waals surface area contributed by atoms with E-state index in [1.165, 1.54) is 43.7 Å². The highest BCUT2D eigenvalue weighted by molar-refractivity contribution is 7.99. The monoisotopic (exact) mass is 259 g/mol. The van der Waals surface area contributed by atoms with Gasteiger partial charge in [0.1, 0.15) is 0 Å². The lowest BCUT2D eigenvalue weighted by molar-refractivity contribution is 0.250. The van der Waals surface area contributed by atoms with Crippen molar-refractivity contribution in [3.05, 3.63) is 0 Å². The summed E-state index contributed by atoms with van der Waals surface area (Å²) in [6.07, 6.45) is 5.41. The van der Waals surface area contributed by atoms with Gasteiger partial charge in [-0.2, -0.15) is 11.8 Å². The first-order valence-electron chi connectivity index (χ1n) is 7.32. The molecule has 1 nitrogen and oxygen atoms in total. The average Bonchev–Trinajstić information content (AvgIpc) is 2.24. The Morgan fingerprint density at radius 1 is 1.18 bits per heavy atom. The number of rotatable bonds is 11. The van der Waals surface area contributed by atoms with Crippen LogP contribution in [0.3, 0.4) is 0 Å². The summed E-state index contributed by atoms with van der Waals surface area (Å²) in [5.74, 6) is 3.35. The lowest BCUT2D eigenvalue weighted by Gasteiger charge is -2.30. The van der Waals surface area contributed by atoms with E-state index >= 15 is 0 Å². The van der Waals surface area contributed by atoms with Gasteiger partial charge in [0, 0.05) is 6.54 Å². The molecule has 0 aliphatic rings. The molecule has 1 atom stereocenters. The molecule has 0 saturated heterocycles. The van der Waals surface area contributed by atoms with Gasteiger partial charge < -0.3 is 5.32 Å². The summed E-state index contributed by atoms with van der Waals surface area (Å²) in [6, 6.07) is 0. The number of thioether (sulfide) groups is 1. The van der Waals surface area contributed by atoms with Gasteiger partial charge in [-0.25, -0.2) is 0 Å². The summed E-state index contributed by atoms with van der Waals surface area (Å²) in [4.78, 5) is 0. The molecule has 0 heterocycles. The smallest absolute Gasteiger partial charge is 0.000527 e. The quantitative estimate of drug-likeness (QED) is 0.545. The van der Waals surface area contributed by atoms with Crippen molar-refractivity contribution >= 4 is 11.8 Å². The minimum Gasteiger partial charge on any atom is -0.316 e. The van der Waals surface area contributed by atoms with E-state index in [-0.39, 0.29) is 0 Å². The highest BCUT2D eigenvalue weighted by atomic mass is 32.2. The van der Waals surface area contributed by atoms with Crippen LogP contribution in [0, 0.1) is 11.3 Å². The number of hydrogen-bond donors (Lipinski definition) is 1. The van der Waals surface area contributed by atoms with Crippen LogP contribution in [0.25, 0.3) is 0 Å². The second-order valence-corrected chi connectivity index (χ2v) is 7.28. The Hall–Kier alpha value is 0.310. The molecule has 0 amide bonds. The summed E-state index contributed by atoms with van der Waals surface area (Å²) in [5.41, 5.74) is 0.512. The Balaban J connectivity index is 3.88. The van der Waals surface area contributed by atoms with Gasteiger partial charge in [0.25, 0.3) is 0 Å². The molecule has 0 saturated carbocycles. The van der Waals surface area contributed by atoms with Gasteiger partial charge in [-0.1, -0.05) is 41.0 Å². The minimum atomic E-state index is 0.512. The van der Waals surface area contributed by atoms with Crippen LogP contribution in [-0.2, 0) is 0 Å². The van der Waals surface area contributed by atoms with Crippen LogP contribution in [0.4, 0.5) is 0 Å². The van der Waals surface area contributed by atoms with Crippen molar-refractivity contribution in [1.82, 2.24) is 5.32 Å². The predicted molar refractivity (Wildman–Crippen MR) is 83.0 cm³/mol. The molecule has 0 aromatic carbocycles. The van der Waals surface area contributed by atoms with Gasteiger partial charge in [-0.3, -0.25) is 0 Å². The van der Waals surface area contributed by atoms with E-state index in [0.29, 0.717) is 5.41 Å². The van der Waals surface area contributed by atoms with Gasteiger partial charge in [0.15, 0.2) is 0 Å². The third-order valence-electron chi connectivity index (χ3n) is 3.23. The highest BCUT2D eigenvalue weighted by Crippen LogP contribution is 2.29. The van der Waals surface area contributed by atoms with Crippen LogP contribution >= 0.6 is 11.8 Å². The van der Waals surface area contributed by atoms with Gasteiger partial charge in [0.05, 0.1) is 0 Å². The maximum Gasteiger partial charge on any atom is 0.000527 e. The zero-order valence-electron chi connectivity index (χ0n) is 12.6. The third-order valence-corrected chi connectivity index (χ3v) is 4.22. The Kier molecular flexibility index (Phi) is 10.4. The van der Waals surface area contributed by atoms with Crippen molar-refractivity contribution in [3.63, 3.8) is 0 Å². The van der Waals surface area contributed by atoms with Gasteiger partial charge in [0.2, 0.25) is 0 Å². The van der Waals surface area contributed by atoms with Gasteiger partial charge in [-0.05, 0) is 48.6 Å². The van der Waals surface area contributed by atoms with Crippen LogP contribution < -0.4 is 5.32 Å². The molecule has 1 unspecified atom stereocenters. The van der Waals surface area contributed by atoms with E-state index in [0.717, 1.165) is 12.5 Å².